The van der Waals surface area contributed by atoms with Crippen molar-refractivity contribution in [3.05, 3.63) is 18.2 Å². The maximum atomic E-state index is 9.35. The highest BCUT2D eigenvalue weighted by Crippen LogP contribution is 2.09. The first-order valence-corrected chi connectivity index (χ1v) is 4.59. The third-order valence-corrected chi connectivity index (χ3v) is 1.95. The summed E-state index contributed by atoms with van der Waals surface area (Å²) < 4.78 is 1.99. The number of hydrogen-bond donors (Lipinski definition) is 2. The maximum Gasteiger partial charge on any atom is 0.137 e. The second-order valence-electron chi connectivity index (χ2n) is 3.11. The largest absolute Gasteiger partial charge is 0.385 e. The fourth-order valence-corrected chi connectivity index (χ4v) is 1.30. The highest BCUT2D eigenvalue weighted by atomic mass is 16.3. The summed E-state index contributed by atoms with van der Waals surface area (Å²) in [7, 11) is 1.93. The zero-order valence-electron chi connectivity index (χ0n) is 8.20. The van der Waals surface area contributed by atoms with Crippen molar-refractivity contribution < 1.29 is 5.11 Å². The Morgan fingerprint density at radius 3 is 3.08 bits per heavy atom. The van der Waals surface area contributed by atoms with Crippen LogP contribution in [-0.4, -0.2) is 28.3 Å². The van der Waals surface area contributed by atoms with Crippen LogP contribution in [0.1, 0.15) is 25.3 Å². The SMILES string of the molecule is CNCCCn1ccnc1C(C)O. The topological polar surface area (TPSA) is 50.1 Å². The minimum absolute atomic E-state index is 0.482. The third-order valence-electron chi connectivity index (χ3n) is 1.95. The molecule has 2 N–H and O–H groups in total. The van der Waals surface area contributed by atoms with Crippen LogP contribution in [0, 0.1) is 0 Å². The molecular formula is C9H17N3O. The van der Waals surface area contributed by atoms with E-state index in [-0.39, 0.29) is 0 Å². The van der Waals surface area contributed by atoms with E-state index in [9.17, 15) is 5.11 Å². The monoisotopic (exact) mass is 183 g/mol. The van der Waals surface area contributed by atoms with Crippen molar-refractivity contribution in [1.29, 1.82) is 0 Å². The van der Waals surface area contributed by atoms with Gasteiger partial charge in [0.1, 0.15) is 11.9 Å². The Bertz CT molecular complexity index is 245. The number of aliphatic hydroxyl groups is 1. The Labute approximate surface area is 78.6 Å². The molecule has 0 aliphatic rings. The van der Waals surface area contributed by atoms with Crippen LogP contribution in [0.5, 0.6) is 0 Å². The minimum atomic E-state index is -0.482. The lowest BCUT2D eigenvalue weighted by Gasteiger charge is -2.08. The number of aromatic nitrogens is 2. The van der Waals surface area contributed by atoms with Gasteiger partial charge in [0.25, 0.3) is 0 Å². The predicted molar refractivity (Wildman–Crippen MR) is 51.4 cm³/mol. The summed E-state index contributed by atoms with van der Waals surface area (Å²) in [6.45, 7) is 3.62. The van der Waals surface area contributed by atoms with Crippen LogP contribution in [0.15, 0.2) is 12.4 Å². The summed E-state index contributed by atoms with van der Waals surface area (Å²) in [5.41, 5.74) is 0. The average Bonchev–Trinajstić information content (AvgIpc) is 2.53. The molecule has 0 aliphatic heterocycles. The minimum Gasteiger partial charge on any atom is -0.385 e. The lowest BCUT2D eigenvalue weighted by molar-refractivity contribution is 0.183. The van der Waals surface area contributed by atoms with Gasteiger partial charge >= 0.3 is 0 Å². The molecule has 0 spiro atoms. The number of nitrogens with zero attached hydrogens (tertiary/aromatic N) is 2. The fourth-order valence-electron chi connectivity index (χ4n) is 1.30. The number of rotatable bonds is 5. The number of nitrogens with one attached hydrogen (secondary N) is 1. The molecule has 0 fully saturated rings. The molecule has 1 heterocycles. The summed E-state index contributed by atoms with van der Waals surface area (Å²) >= 11 is 0. The molecule has 0 saturated heterocycles. The van der Waals surface area contributed by atoms with Gasteiger partial charge < -0.3 is 15.0 Å². The van der Waals surface area contributed by atoms with E-state index in [2.05, 4.69) is 10.3 Å². The number of aryl methyl sites for hydroxylation is 1. The van der Waals surface area contributed by atoms with Crippen molar-refractivity contribution in [2.75, 3.05) is 13.6 Å². The molecule has 0 aromatic carbocycles. The smallest absolute Gasteiger partial charge is 0.137 e. The Balaban J connectivity index is 2.50. The van der Waals surface area contributed by atoms with E-state index in [0.717, 1.165) is 25.3 Å². The normalized spacial score (nSPS) is 13.2. The van der Waals surface area contributed by atoms with Gasteiger partial charge in [0, 0.05) is 18.9 Å². The first kappa shape index (κ1) is 10.2. The van der Waals surface area contributed by atoms with Gasteiger partial charge in [0.2, 0.25) is 0 Å². The fraction of sp³-hybridized carbons (Fsp3) is 0.667. The highest BCUT2D eigenvalue weighted by molar-refractivity contribution is 4.94. The predicted octanol–water partition coefficient (Wildman–Crippen LogP) is 0.546. The first-order chi connectivity index (χ1) is 6.25. The molecule has 74 valence electrons. The van der Waals surface area contributed by atoms with Gasteiger partial charge in [0.15, 0.2) is 0 Å². The van der Waals surface area contributed by atoms with E-state index in [1.807, 2.05) is 17.8 Å². The standard InChI is InChI=1S/C9H17N3O/c1-8(13)9-11-5-7-12(9)6-3-4-10-2/h5,7-8,10,13H,3-4,6H2,1-2H3. The molecule has 1 aromatic rings. The molecule has 0 aliphatic carbocycles. The molecule has 13 heavy (non-hydrogen) atoms. The Kier molecular flexibility index (Phi) is 3.92. The van der Waals surface area contributed by atoms with Crippen molar-refractivity contribution in [2.45, 2.75) is 26.0 Å². The van der Waals surface area contributed by atoms with Gasteiger partial charge in [-0.05, 0) is 26.9 Å². The zero-order chi connectivity index (χ0) is 9.68. The van der Waals surface area contributed by atoms with Crippen molar-refractivity contribution in [3.63, 3.8) is 0 Å². The van der Waals surface area contributed by atoms with E-state index in [0.29, 0.717) is 0 Å². The summed E-state index contributed by atoms with van der Waals surface area (Å²) in [6, 6.07) is 0. The summed E-state index contributed by atoms with van der Waals surface area (Å²) in [5, 5.41) is 12.4. The van der Waals surface area contributed by atoms with E-state index in [1.54, 1.807) is 13.1 Å². The van der Waals surface area contributed by atoms with Crippen LogP contribution in [0.3, 0.4) is 0 Å². The molecule has 1 unspecified atom stereocenters. The van der Waals surface area contributed by atoms with Crippen molar-refractivity contribution in [3.8, 4) is 0 Å². The molecule has 0 saturated carbocycles. The number of aliphatic hydroxyl groups excluding tert-OH is 1. The van der Waals surface area contributed by atoms with Crippen LogP contribution in [0.4, 0.5) is 0 Å². The Morgan fingerprint density at radius 1 is 1.69 bits per heavy atom. The van der Waals surface area contributed by atoms with Crippen LogP contribution >= 0.6 is 0 Å². The van der Waals surface area contributed by atoms with Crippen LogP contribution in [-0.2, 0) is 6.54 Å². The second-order valence-corrected chi connectivity index (χ2v) is 3.11. The summed E-state index contributed by atoms with van der Waals surface area (Å²) in [5.74, 6) is 0.746. The van der Waals surface area contributed by atoms with Crippen molar-refractivity contribution >= 4 is 0 Å². The molecule has 1 rings (SSSR count). The van der Waals surface area contributed by atoms with Crippen molar-refractivity contribution in [2.24, 2.45) is 0 Å². The molecule has 4 heteroatoms. The van der Waals surface area contributed by atoms with E-state index < -0.39 is 6.10 Å². The van der Waals surface area contributed by atoms with Crippen LogP contribution < -0.4 is 5.32 Å². The first-order valence-electron chi connectivity index (χ1n) is 4.59. The van der Waals surface area contributed by atoms with E-state index in [4.69, 9.17) is 0 Å². The van der Waals surface area contributed by atoms with Gasteiger partial charge in [-0.2, -0.15) is 0 Å². The Morgan fingerprint density at radius 2 is 2.46 bits per heavy atom. The Hall–Kier alpha value is -0.870. The molecular weight excluding hydrogens is 166 g/mol. The lowest BCUT2D eigenvalue weighted by atomic mass is 10.3. The number of imidazole rings is 1. The van der Waals surface area contributed by atoms with Crippen LogP contribution in [0.25, 0.3) is 0 Å². The third kappa shape index (κ3) is 2.82. The molecule has 0 bridgehead atoms. The van der Waals surface area contributed by atoms with Crippen molar-refractivity contribution in [1.82, 2.24) is 14.9 Å². The quantitative estimate of drug-likeness (QED) is 0.655. The molecule has 1 atom stereocenters. The van der Waals surface area contributed by atoms with Crippen LogP contribution in [0.2, 0.25) is 0 Å². The van der Waals surface area contributed by atoms with Gasteiger partial charge in [0.05, 0.1) is 0 Å². The van der Waals surface area contributed by atoms with E-state index in [1.165, 1.54) is 0 Å². The second kappa shape index (κ2) is 4.99. The van der Waals surface area contributed by atoms with Gasteiger partial charge in [-0.3, -0.25) is 0 Å². The highest BCUT2D eigenvalue weighted by Gasteiger charge is 2.07. The summed E-state index contributed by atoms with van der Waals surface area (Å²) in [6.07, 6.45) is 4.19. The lowest BCUT2D eigenvalue weighted by Crippen LogP contribution is -2.13. The molecule has 0 amide bonds. The molecule has 0 radical (unpaired) electrons. The molecule has 4 nitrogen and oxygen atoms in total. The average molecular weight is 183 g/mol. The summed E-state index contributed by atoms with van der Waals surface area (Å²) in [4.78, 5) is 4.09. The van der Waals surface area contributed by atoms with Gasteiger partial charge in [-0.15, -0.1) is 0 Å². The van der Waals surface area contributed by atoms with Gasteiger partial charge in [-0.25, -0.2) is 4.98 Å². The molecule has 1 aromatic heterocycles. The van der Waals surface area contributed by atoms with E-state index >= 15 is 0 Å². The zero-order valence-corrected chi connectivity index (χ0v) is 8.20. The maximum absolute atomic E-state index is 9.35. The van der Waals surface area contributed by atoms with Gasteiger partial charge in [-0.1, -0.05) is 0 Å². The number of hydrogen-bond acceptors (Lipinski definition) is 3.